The zero-order chi connectivity index (χ0) is 21.9. The Bertz CT molecular complexity index is 978. The second-order valence-corrected chi connectivity index (χ2v) is 7.53. The summed E-state index contributed by atoms with van der Waals surface area (Å²) >= 11 is 0. The molecule has 0 saturated heterocycles. The third-order valence-corrected chi connectivity index (χ3v) is 4.96. The Balaban J connectivity index is 1.68. The summed E-state index contributed by atoms with van der Waals surface area (Å²) in [5, 5.41) is 0. The molecular weight excluding hydrogens is 390 g/mol. The number of ether oxygens (including phenoxy) is 2. The molecule has 0 saturated carbocycles. The van der Waals surface area contributed by atoms with Gasteiger partial charge in [0.2, 0.25) is 5.89 Å². The first-order valence-electron chi connectivity index (χ1n) is 11.2. The Hall–Kier alpha value is -3.08. The van der Waals surface area contributed by atoms with E-state index in [4.69, 9.17) is 13.9 Å². The predicted octanol–water partition coefficient (Wildman–Crippen LogP) is 6.51. The predicted molar refractivity (Wildman–Crippen MR) is 124 cm³/mol. The maximum atomic E-state index is 12.1. The molecule has 31 heavy (non-hydrogen) atoms. The summed E-state index contributed by atoms with van der Waals surface area (Å²) in [5.74, 6) is 1.91. The van der Waals surface area contributed by atoms with Crippen molar-refractivity contribution in [2.45, 2.75) is 52.4 Å². The zero-order valence-electron chi connectivity index (χ0n) is 18.4. The first kappa shape index (κ1) is 22.6. The minimum atomic E-state index is -0.431. The van der Waals surface area contributed by atoms with Gasteiger partial charge in [-0.15, -0.1) is 0 Å². The highest BCUT2D eigenvalue weighted by atomic mass is 16.5. The van der Waals surface area contributed by atoms with E-state index in [0.717, 1.165) is 41.9 Å². The van der Waals surface area contributed by atoms with E-state index in [1.165, 1.54) is 25.3 Å². The Morgan fingerprint density at radius 1 is 0.742 bits per heavy atom. The molecule has 0 aliphatic carbocycles. The summed E-state index contributed by atoms with van der Waals surface area (Å²) in [6.45, 7) is 5.73. The molecule has 164 valence electrons. The van der Waals surface area contributed by atoms with E-state index in [1.807, 2.05) is 48.5 Å². The Labute approximate surface area is 184 Å². The fourth-order valence-corrected chi connectivity index (χ4v) is 3.14. The van der Waals surface area contributed by atoms with Crippen molar-refractivity contribution in [2.24, 2.45) is 0 Å². The van der Waals surface area contributed by atoms with Gasteiger partial charge in [-0.3, -0.25) is 0 Å². The topological polar surface area (TPSA) is 61.6 Å². The Kier molecular flexibility index (Phi) is 8.71. The molecule has 0 aliphatic heterocycles. The van der Waals surface area contributed by atoms with E-state index in [-0.39, 0.29) is 0 Å². The lowest BCUT2D eigenvalue weighted by Gasteiger charge is -2.08. The normalized spacial score (nSPS) is 10.8. The molecule has 0 unspecified atom stereocenters. The first-order chi connectivity index (χ1) is 15.2. The fourth-order valence-electron chi connectivity index (χ4n) is 3.14. The molecule has 3 aromatic rings. The summed E-state index contributed by atoms with van der Waals surface area (Å²) in [6.07, 6.45) is 6.80. The highest BCUT2D eigenvalue weighted by Crippen LogP contribution is 2.25. The molecule has 5 nitrogen and oxygen atoms in total. The number of hydrogen-bond acceptors (Lipinski definition) is 5. The van der Waals surface area contributed by atoms with Crippen LogP contribution in [0.5, 0.6) is 11.5 Å². The molecule has 0 fully saturated rings. The number of aromatic nitrogens is 1. The van der Waals surface area contributed by atoms with Gasteiger partial charge in [0.1, 0.15) is 11.5 Å². The lowest BCUT2D eigenvalue weighted by atomic mass is 10.1. The van der Waals surface area contributed by atoms with Gasteiger partial charge in [0, 0.05) is 11.1 Å². The maximum absolute atomic E-state index is 12.1. The zero-order valence-corrected chi connectivity index (χ0v) is 18.4. The van der Waals surface area contributed by atoms with Crippen molar-refractivity contribution in [3.63, 3.8) is 0 Å². The molecule has 0 bridgehead atoms. The van der Waals surface area contributed by atoms with E-state index in [0.29, 0.717) is 24.8 Å². The summed E-state index contributed by atoms with van der Waals surface area (Å²) in [6, 6.07) is 16.5. The van der Waals surface area contributed by atoms with Gasteiger partial charge in [0.15, 0.2) is 0 Å². The van der Waals surface area contributed by atoms with Gasteiger partial charge < -0.3 is 13.9 Å². The van der Waals surface area contributed by atoms with Gasteiger partial charge in [-0.1, -0.05) is 39.5 Å². The standard InChI is InChI=1S/C26H31NO4/c1-3-5-7-8-18-30-23-15-11-21(12-16-23)26-27-24(19-25(28)31-26)20-9-13-22(14-10-20)29-17-6-4-2/h9-16,19H,3-8,17-18H2,1-2H3. The molecule has 0 amide bonds. The minimum absolute atomic E-state index is 0.292. The number of hydrogen-bond donors (Lipinski definition) is 0. The Morgan fingerprint density at radius 2 is 1.32 bits per heavy atom. The summed E-state index contributed by atoms with van der Waals surface area (Å²) in [5.41, 5.74) is 1.71. The average Bonchev–Trinajstić information content (AvgIpc) is 2.79. The fraction of sp³-hybridized carbons (Fsp3) is 0.385. The molecule has 3 rings (SSSR count). The molecule has 0 aliphatic rings. The maximum Gasteiger partial charge on any atom is 0.339 e. The number of benzene rings is 2. The van der Waals surface area contributed by atoms with Crippen molar-refractivity contribution in [3.8, 4) is 34.2 Å². The van der Waals surface area contributed by atoms with Crippen LogP contribution in [0.25, 0.3) is 22.7 Å². The molecule has 1 heterocycles. The van der Waals surface area contributed by atoms with Crippen molar-refractivity contribution in [1.29, 1.82) is 0 Å². The smallest absolute Gasteiger partial charge is 0.339 e. The van der Waals surface area contributed by atoms with Crippen molar-refractivity contribution >= 4 is 0 Å². The lowest BCUT2D eigenvalue weighted by Crippen LogP contribution is -2.02. The monoisotopic (exact) mass is 421 g/mol. The number of unbranched alkanes of at least 4 members (excludes halogenated alkanes) is 4. The summed E-state index contributed by atoms with van der Waals surface area (Å²) in [4.78, 5) is 16.7. The molecule has 2 aromatic carbocycles. The molecule has 0 spiro atoms. The summed E-state index contributed by atoms with van der Waals surface area (Å²) in [7, 11) is 0. The third kappa shape index (κ3) is 6.99. The van der Waals surface area contributed by atoms with E-state index < -0.39 is 5.63 Å². The van der Waals surface area contributed by atoms with Crippen molar-refractivity contribution < 1.29 is 13.9 Å². The van der Waals surface area contributed by atoms with Crippen LogP contribution >= 0.6 is 0 Å². The van der Waals surface area contributed by atoms with E-state index in [2.05, 4.69) is 18.8 Å². The molecule has 5 heteroatoms. The highest BCUT2D eigenvalue weighted by Gasteiger charge is 2.09. The molecule has 0 N–H and O–H groups in total. The van der Waals surface area contributed by atoms with E-state index in [1.54, 1.807) is 0 Å². The highest BCUT2D eigenvalue weighted by molar-refractivity contribution is 5.63. The van der Waals surface area contributed by atoms with Crippen LogP contribution < -0.4 is 15.1 Å². The van der Waals surface area contributed by atoms with Gasteiger partial charge in [-0.25, -0.2) is 9.78 Å². The number of rotatable bonds is 12. The van der Waals surface area contributed by atoms with Crippen molar-refractivity contribution in [1.82, 2.24) is 4.98 Å². The van der Waals surface area contributed by atoms with E-state index in [9.17, 15) is 4.79 Å². The van der Waals surface area contributed by atoms with Gasteiger partial charge >= 0.3 is 5.63 Å². The van der Waals surface area contributed by atoms with Crippen LogP contribution in [-0.4, -0.2) is 18.2 Å². The third-order valence-electron chi connectivity index (χ3n) is 4.96. The van der Waals surface area contributed by atoms with Crippen LogP contribution in [0, 0.1) is 0 Å². The van der Waals surface area contributed by atoms with Gasteiger partial charge in [-0.05, 0) is 61.4 Å². The average molecular weight is 422 g/mol. The van der Waals surface area contributed by atoms with Gasteiger partial charge in [0.25, 0.3) is 0 Å². The first-order valence-corrected chi connectivity index (χ1v) is 11.2. The molecule has 0 atom stereocenters. The minimum Gasteiger partial charge on any atom is -0.494 e. The molecule has 1 aromatic heterocycles. The van der Waals surface area contributed by atoms with E-state index >= 15 is 0 Å². The van der Waals surface area contributed by atoms with Gasteiger partial charge in [0.05, 0.1) is 25.0 Å². The van der Waals surface area contributed by atoms with Crippen LogP contribution in [0.15, 0.2) is 63.8 Å². The van der Waals surface area contributed by atoms with Crippen molar-refractivity contribution in [3.05, 3.63) is 65.0 Å². The Morgan fingerprint density at radius 3 is 1.94 bits per heavy atom. The molecular formula is C26H31NO4. The largest absolute Gasteiger partial charge is 0.494 e. The van der Waals surface area contributed by atoms with Crippen LogP contribution in [0.2, 0.25) is 0 Å². The lowest BCUT2D eigenvalue weighted by molar-refractivity contribution is 0.305. The summed E-state index contributed by atoms with van der Waals surface area (Å²) < 4.78 is 16.8. The van der Waals surface area contributed by atoms with Crippen LogP contribution in [-0.2, 0) is 0 Å². The van der Waals surface area contributed by atoms with Crippen LogP contribution in [0.3, 0.4) is 0 Å². The molecule has 0 radical (unpaired) electrons. The quantitative estimate of drug-likeness (QED) is 0.312. The van der Waals surface area contributed by atoms with Crippen LogP contribution in [0.4, 0.5) is 0 Å². The number of nitrogens with zero attached hydrogens (tertiary/aromatic N) is 1. The van der Waals surface area contributed by atoms with Crippen molar-refractivity contribution in [2.75, 3.05) is 13.2 Å². The SMILES string of the molecule is CCCCCCOc1ccc(-c2nc(-c3ccc(OCCCC)cc3)cc(=O)o2)cc1. The van der Waals surface area contributed by atoms with Crippen LogP contribution in [0.1, 0.15) is 52.4 Å². The van der Waals surface area contributed by atoms with Gasteiger partial charge in [-0.2, -0.15) is 0 Å². The second kappa shape index (κ2) is 11.9. The second-order valence-electron chi connectivity index (χ2n) is 7.53.